The van der Waals surface area contributed by atoms with Crippen LogP contribution >= 0.6 is 23.2 Å². The summed E-state index contributed by atoms with van der Waals surface area (Å²) in [7, 11) is 0. The quantitative estimate of drug-likeness (QED) is 0.614. The van der Waals surface area contributed by atoms with Crippen LogP contribution < -0.4 is 10.9 Å². The highest BCUT2D eigenvalue weighted by Crippen LogP contribution is 2.25. The number of benzene rings is 1. The van der Waals surface area contributed by atoms with E-state index in [2.05, 4.69) is 10.3 Å². The smallest absolute Gasteiger partial charge is 0.263 e. The highest BCUT2D eigenvalue weighted by Gasteiger charge is 2.28. The molecule has 1 aliphatic heterocycles. The average Bonchev–Trinajstić information content (AvgIpc) is 2.75. The van der Waals surface area contributed by atoms with Crippen LogP contribution in [0, 0.1) is 6.92 Å². The second kappa shape index (κ2) is 8.92. The van der Waals surface area contributed by atoms with Crippen molar-refractivity contribution in [3.05, 3.63) is 79.4 Å². The number of rotatable bonds is 4. The van der Waals surface area contributed by atoms with Gasteiger partial charge in [-0.3, -0.25) is 14.6 Å². The van der Waals surface area contributed by atoms with Crippen LogP contribution in [0.25, 0.3) is 5.69 Å². The van der Waals surface area contributed by atoms with Crippen molar-refractivity contribution in [2.24, 2.45) is 0 Å². The Bertz CT molecular complexity index is 1260. The Labute approximate surface area is 196 Å². The third-order valence-corrected chi connectivity index (χ3v) is 6.07. The van der Waals surface area contributed by atoms with Crippen molar-refractivity contribution in [3.8, 4) is 5.69 Å². The standard InChI is InChI=1S/C23H23Cl2N5O2/c1-13(2)27-23-28-19-12-29(21(31)15-6-7-17(24)18(25)11-15)10-8-16(19)22(32)30(23)20-5-4-9-26-14(20)3/h4-7,9,11,13H,8,10,12H2,1-3H3,(H,27,28). The second-order valence-electron chi connectivity index (χ2n) is 8.01. The molecule has 4 rings (SSSR count). The topological polar surface area (TPSA) is 80.1 Å². The average molecular weight is 472 g/mol. The van der Waals surface area contributed by atoms with Gasteiger partial charge in [-0.15, -0.1) is 0 Å². The number of fused-ring (bicyclic) bond motifs is 1. The summed E-state index contributed by atoms with van der Waals surface area (Å²) >= 11 is 12.1. The molecule has 7 nitrogen and oxygen atoms in total. The van der Waals surface area contributed by atoms with E-state index in [1.807, 2.05) is 26.8 Å². The monoisotopic (exact) mass is 471 g/mol. The minimum absolute atomic E-state index is 0.0562. The van der Waals surface area contributed by atoms with Crippen molar-refractivity contribution in [2.75, 3.05) is 11.9 Å². The summed E-state index contributed by atoms with van der Waals surface area (Å²) in [6.07, 6.45) is 2.10. The number of hydrogen-bond donors (Lipinski definition) is 1. The van der Waals surface area contributed by atoms with E-state index in [0.717, 1.165) is 5.69 Å². The fourth-order valence-electron chi connectivity index (χ4n) is 3.76. The minimum atomic E-state index is -0.179. The first-order valence-electron chi connectivity index (χ1n) is 10.3. The molecule has 1 amide bonds. The van der Waals surface area contributed by atoms with Crippen LogP contribution in [-0.2, 0) is 13.0 Å². The van der Waals surface area contributed by atoms with Crippen molar-refractivity contribution in [3.63, 3.8) is 0 Å². The molecule has 0 spiro atoms. The van der Waals surface area contributed by atoms with E-state index in [1.165, 1.54) is 0 Å². The van der Waals surface area contributed by atoms with E-state index in [0.29, 0.717) is 51.5 Å². The molecule has 0 saturated carbocycles. The predicted molar refractivity (Wildman–Crippen MR) is 126 cm³/mol. The Morgan fingerprint density at radius 2 is 1.97 bits per heavy atom. The third kappa shape index (κ3) is 4.23. The van der Waals surface area contributed by atoms with E-state index in [4.69, 9.17) is 28.2 Å². The first-order chi connectivity index (χ1) is 15.3. The molecule has 0 atom stereocenters. The van der Waals surface area contributed by atoms with Gasteiger partial charge in [0.05, 0.1) is 33.7 Å². The van der Waals surface area contributed by atoms with Crippen molar-refractivity contribution in [1.82, 2.24) is 19.4 Å². The largest absolute Gasteiger partial charge is 0.353 e. The Kier molecular flexibility index (Phi) is 6.22. The van der Waals surface area contributed by atoms with E-state index in [-0.39, 0.29) is 24.1 Å². The molecule has 0 radical (unpaired) electrons. The van der Waals surface area contributed by atoms with Crippen molar-refractivity contribution in [1.29, 1.82) is 0 Å². The SMILES string of the molecule is Cc1ncccc1-n1c(NC(C)C)nc2c(c1=O)CCN(C(=O)c1ccc(Cl)c(Cl)c1)C2. The lowest BCUT2D eigenvalue weighted by atomic mass is 10.0. The van der Waals surface area contributed by atoms with E-state index < -0.39 is 0 Å². The van der Waals surface area contributed by atoms with Gasteiger partial charge in [0.25, 0.3) is 11.5 Å². The molecule has 1 aliphatic rings. The first-order valence-corrected chi connectivity index (χ1v) is 11.1. The number of nitrogens with one attached hydrogen (secondary N) is 1. The fourth-order valence-corrected chi connectivity index (χ4v) is 4.06. The van der Waals surface area contributed by atoms with Crippen LogP contribution in [0.15, 0.2) is 41.3 Å². The molecule has 3 aromatic rings. The number of carbonyl (C=O) groups excluding carboxylic acids is 1. The number of hydrogen-bond acceptors (Lipinski definition) is 5. The normalized spacial score (nSPS) is 13.2. The molecule has 1 aromatic carbocycles. The van der Waals surface area contributed by atoms with Crippen LogP contribution in [0.1, 0.15) is 41.2 Å². The van der Waals surface area contributed by atoms with Gasteiger partial charge in [-0.25, -0.2) is 9.55 Å². The molecule has 32 heavy (non-hydrogen) atoms. The number of amides is 1. The van der Waals surface area contributed by atoms with Gasteiger partial charge < -0.3 is 10.2 Å². The number of pyridine rings is 1. The number of anilines is 1. The third-order valence-electron chi connectivity index (χ3n) is 5.33. The van der Waals surface area contributed by atoms with Crippen LogP contribution in [0.2, 0.25) is 10.0 Å². The molecular weight excluding hydrogens is 449 g/mol. The Hall–Kier alpha value is -2.90. The van der Waals surface area contributed by atoms with Crippen molar-refractivity contribution in [2.45, 2.75) is 39.8 Å². The zero-order chi connectivity index (χ0) is 23.0. The van der Waals surface area contributed by atoms with Crippen molar-refractivity contribution < 1.29 is 4.79 Å². The minimum Gasteiger partial charge on any atom is -0.353 e. The summed E-state index contributed by atoms with van der Waals surface area (Å²) < 4.78 is 1.58. The Morgan fingerprint density at radius 3 is 2.66 bits per heavy atom. The lowest BCUT2D eigenvalue weighted by molar-refractivity contribution is 0.0731. The van der Waals surface area contributed by atoms with Gasteiger partial charge in [-0.05, 0) is 57.5 Å². The lowest BCUT2D eigenvalue weighted by Gasteiger charge is -2.29. The fraction of sp³-hybridized carbons (Fsp3) is 0.304. The van der Waals surface area contributed by atoms with Gasteiger partial charge >= 0.3 is 0 Å². The van der Waals surface area contributed by atoms with Gasteiger partial charge in [0.2, 0.25) is 5.95 Å². The molecule has 0 saturated heterocycles. The zero-order valence-electron chi connectivity index (χ0n) is 18.0. The number of aromatic nitrogens is 3. The summed E-state index contributed by atoms with van der Waals surface area (Å²) in [5, 5.41) is 3.99. The molecule has 9 heteroatoms. The van der Waals surface area contributed by atoms with Gasteiger partial charge in [0.15, 0.2) is 0 Å². The van der Waals surface area contributed by atoms with Gasteiger partial charge in [-0.1, -0.05) is 23.2 Å². The van der Waals surface area contributed by atoms with Crippen LogP contribution in [-0.4, -0.2) is 37.9 Å². The molecule has 1 N–H and O–H groups in total. The summed E-state index contributed by atoms with van der Waals surface area (Å²) in [5.41, 5.74) is 2.93. The highest BCUT2D eigenvalue weighted by atomic mass is 35.5. The van der Waals surface area contributed by atoms with Crippen LogP contribution in [0.5, 0.6) is 0 Å². The van der Waals surface area contributed by atoms with Crippen LogP contribution in [0.4, 0.5) is 5.95 Å². The second-order valence-corrected chi connectivity index (χ2v) is 8.83. The molecule has 0 fully saturated rings. The Morgan fingerprint density at radius 1 is 1.19 bits per heavy atom. The van der Waals surface area contributed by atoms with Gasteiger partial charge in [-0.2, -0.15) is 0 Å². The van der Waals surface area contributed by atoms with E-state index >= 15 is 0 Å². The molecule has 0 aliphatic carbocycles. The number of carbonyl (C=O) groups is 1. The summed E-state index contributed by atoms with van der Waals surface area (Å²) in [6, 6.07) is 8.52. The van der Waals surface area contributed by atoms with Crippen molar-refractivity contribution >= 4 is 35.1 Å². The highest BCUT2D eigenvalue weighted by molar-refractivity contribution is 6.42. The molecule has 166 valence electrons. The molecule has 0 bridgehead atoms. The maximum atomic E-state index is 13.5. The molecule has 2 aromatic heterocycles. The molecular formula is C23H23Cl2N5O2. The Balaban J connectivity index is 1.75. The molecule has 3 heterocycles. The summed E-state index contributed by atoms with van der Waals surface area (Å²) in [6.45, 7) is 6.46. The van der Waals surface area contributed by atoms with Gasteiger partial charge in [0.1, 0.15) is 0 Å². The maximum absolute atomic E-state index is 13.5. The summed E-state index contributed by atoms with van der Waals surface area (Å²) in [4.78, 5) is 37.3. The molecule has 0 unspecified atom stereocenters. The maximum Gasteiger partial charge on any atom is 0.263 e. The zero-order valence-corrected chi connectivity index (χ0v) is 19.5. The number of aryl methyl sites for hydroxylation is 1. The van der Waals surface area contributed by atoms with Crippen LogP contribution in [0.3, 0.4) is 0 Å². The number of halogens is 2. The summed E-state index contributed by atoms with van der Waals surface area (Å²) in [5.74, 6) is 0.255. The lowest BCUT2D eigenvalue weighted by Crippen LogP contribution is -2.41. The number of nitrogens with zero attached hydrogens (tertiary/aromatic N) is 4. The predicted octanol–water partition coefficient (Wildman–Crippen LogP) is 4.26. The van der Waals surface area contributed by atoms with E-state index in [1.54, 1.807) is 39.9 Å². The first kappa shape index (κ1) is 22.3. The van der Waals surface area contributed by atoms with E-state index in [9.17, 15) is 9.59 Å². The van der Waals surface area contributed by atoms with Gasteiger partial charge in [0, 0.05) is 29.9 Å².